The number of aliphatic hydroxyl groups is 1. The first-order valence-corrected chi connectivity index (χ1v) is 6.36. The van der Waals surface area contributed by atoms with Crippen molar-refractivity contribution in [2.24, 2.45) is 0 Å². The van der Waals surface area contributed by atoms with Gasteiger partial charge < -0.3 is 19.7 Å². The molecular weight excluding hydrogens is 232 g/mol. The smallest absolute Gasteiger partial charge is 0.320 e. The molecule has 1 aliphatic rings. The number of aldehydes is 1. The largest absolute Gasteiger partial charge is 0.391 e. The zero-order valence-electron chi connectivity index (χ0n) is 10.9. The molecule has 1 N–H and O–H groups in total. The van der Waals surface area contributed by atoms with E-state index in [1.54, 1.807) is 11.9 Å². The molecule has 0 saturated carbocycles. The van der Waals surface area contributed by atoms with Crippen LogP contribution in [0.3, 0.4) is 0 Å². The fourth-order valence-corrected chi connectivity index (χ4v) is 2.14. The molecule has 0 bridgehead atoms. The van der Waals surface area contributed by atoms with Crippen molar-refractivity contribution in [1.82, 2.24) is 9.80 Å². The first kappa shape index (κ1) is 14.7. The van der Waals surface area contributed by atoms with E-state index < -0.39 is 12.1 Å². The Kier molecular flexibility index (Phi) is 5.85. The lowest BCUT2D eigenvalue weighted by molar-refractivity contribution is -0.111. The van der Waals surface area contributed by atoms with Crippen molar-refractivity contribution in [2.45, 2.75) is 37.8 Å². The molecule has 1 heterocycles. The molecule has 0 aromatic carbocycles. The van der Waals surface area contributed by atoms with E-state index in [1.807, 2.05) is 6.08 Å². The maximum atomic E-state index is 12.1. The Bertz CT molecular complexity index is 307. The van der Waals surface area contributed by atoms with Crippen molar-refractivity contribution >= 4 is 12.3 Å². The summed E-state index contributed by atoms with van der Waals surface area (Å²) >= 11 is 0. The minimum atomic E-state index is -0.585. The Balaban J connectivity index is 2.42. The van der Waals surface area contributed by atoms with Crippen molar-refractivity contribution in [1.29, 1.82) is 0 Å². The van der Waals surface area contributed by atoms with Gasteiger partial charge in [0, 0.05) is 26.6 Å². The number of allylic oxidation sites excluding steroid dienone is 1. The monoisotopic (exact) mass is 254 g/mol. The number of β-amino-alcohol motifs (C(OH)–C–C–N with tert-alkyl or cyclic N) is 1. The van der Waals surface area contributed by atoms with Crippen LogP contribution in [0.5, 0.6) is 0 Å². The number of hydrogen-bond donors (Lipinski definition) is 1. The van der Waals surface area contributed by atoms with E-state index in [0.717, 1.165) is 25.5 Å². The molecule has 1 rings (SSSR count). The second kappa shape index (κ2) is 7.16. The molecular formula is C13H22N2O3. The van der Waals surface area contributed by atoms with E-state index in [2.05, 4.69) is 6.58 Å². The molecule has 0 aliphatic carbocycles. The van der Waals surface area contributed by atoms with Crippen LogP contribution in [0.25, 0.3) is 0 Å². The fourth-order valence-electron chi connectivity index (χ4n) is 2.14. The highest BCUT2D eigenvalue weighted by molar-refractivity contribution is 5.78. The molecule has 0 aromatic rings. The predicted octanol–water partition coefficient (Wildman–Crippen LogP) is 1.03. The van der Waals surface area contributed by atoms with E-state index in [1.165, 1.54) is 4.90 Å². The van der Waals surface area contributed by atoms with Gasteiger partial charge in [-0.15, -0.1) is 6.58 Å². The number of urea groups is 1. The van der Waals surface area contributed by atoms with Crippen LogP contribution in [0, 0.1) is 0 Å². The van der Waals surface area contributed by atoms with Crippen LogP contribution in [0.15, 0.2) is 12.7 Å². The Hall–Kier alpha value is -1.36. The van der Waals surface area contributed by atoms with E-state index in [9.17, 15) is 14.7 Å². The van der Waals surface area contributed by atoms with Crippen LogP contribution in [0.4, 0.5) is 4.79 Å². The SMILES string of the molecule is C=CCCCCN(C)C(=O)N1C[C@@H](O)C[C@H]1C=O. The number of rotatable bonds is 6. The average Bonchev–Trinajstić information content (AvgIpc) is 2.74. The standard InChI is InChI=1S/C13H22N2O3/c1-3-4-5-6-7-14(2)13(18)15-9-12(17)8-11(15)10-16/h3,10-12,17H,1,4-9H2,2H3/t11-,12-/m0/s1. The van der Waals surface area contributed by atoms with Gasteiger partial charge in [0.2, 0.25) is 0 Å². The quantitative estimate of drug-likeness (QED) is 0.437. The highest BCUT2D eigenvalue weighted by atomic mass is 16.3. The molecule has 0 aromatic heterocycles. The van der Waals surface area contributed by atoms with Crippen molar-refractivity contribution in [3.05, 3.63) is 12.7 Å². The molecule has 0 spiro atoms. The molecule has 2 amide bonds. The maximum absolute atomic E-state index is 12.1. The molecule has 5 heteroatoms. The van der Waals surface area contributed by atoms with Gasteiger partial charge in [-0.1, -0.05) is 6.08 Å². The number of nitrogens with zero attached hydrogens (tertiary/aromatic N) is 2. The number of hydrogen-bond acceptors (Lipinski definition) is 3. The summed E-state index contributed by atoms with van der Waals surface area (Å²) in [5.74, 6) is 0. The summed E-state index contributed by atoms with van der Waals surface area (Å²) in [7, 11) is 1.73. The van der Waals surface area contributed by atoms with Crippen molar-refractivity contribution < 1.29 is 14.7 Å². The van der Waals surface area contributed by atoms with Crippen molar-refractivity contribution in [2.75, 3.05) is 20.1 Å². The van der Waals surface area contributed by atoms with Gasteiger partial charge in [-0.05, 0) is 19.3 Å². The second-order valence-corrected chi connectivity index (χ2v) is 4.73. The summed E-state index contributed by atoms with van der Waals surface area (Å²) in [6.45, 7) is 4.56. The summed E-state index contributed by atoms with van der Waals surface area (Å²) in [4.78, 5) is 26.0. The molecule has 102 valence electrons. The topological polar surface area (TPSA) is 60.9 Å². The lowest BCUT2D eigenvalue weighted by Gasteiger charge is -2.27. The number of likely N-dealkylation sites (tertiary alicyclic amines) is 1. The predicted molar refractivity (Wildman–Crippen MR) is 69.3 cm³/mol. The zero-order valence-corrected chi connectivity index (χ0v) is 10.9. The Labute approximate surface area is 108 Å². The third-order valence-corrected chi connectivity index (χ3v) is 3.20. The van der Waals surface area contributed by atoms with Gasteiger partial charge in [-0.2, -0.15) is 0 Å². The molecule has 1 fully saturated rings. The molecule has 18 heavy (non-hydrogen) atoms. The van der Waals surface area contributed by atoms with Crippen LogP contribution in [0.2, 0.25) is 0 Å². The molecule has 0 radical (unpaired) electrons. The van der Waals surface area contributed by atoms with Crippen LogP contribution in [-0.2, 0) is 4.79 Å². The molecule has 0 unspecified atom stereocenters. The van der Waals surface area contributed by atoms with Gasteiger partial charge >= 0.3 is 6.03 Å². The lowest BCUT2D eigenvalue weighted by atomic mass is 10.2. The number of carbonyl (C=O) groups excluding carboxylic acids is 2. The Morgan fingerprint density at radius 1 is 1.56 bits per heavy atom. The number of unbranched alkanes of at least 4 members (excludes halogenated alkanes) is 2. The highest BCUT2D eigenvalue weighted by Gasteiger charge is 2.35. The van der Waals surface area contributed by atoms with Gasteiger partial charge in [0.25, 0.3) is 0 Å². The van der Waals surface area contributed by atoms with Crippen molar-refractivity contribution in [3.8, 4) is 0 Å². The number of aliphatic hydroxyl groups excluding tert-OH is 1. The zero-order chi connectivity index (χ0) is 13.5. The van der Waals surface area contributed by atoms with E-state index in [0.29, 0.717) is 13.0 Å². The molecule has 1 aliphatic heterocycles. The van der Waals surface area contributed by atoms with Gasteiger partial charge in [-0.25, -0.2) is 4.79 Å². The molecule has 1 saturated heterocycles. The van der Waals surface area contributed by atoms with E-state index >= 15 is 0 Å². The third kappa shape index (κ3) is 3.84. The van der Waals surface area contributed by atoms with Gasteiger partial charge in [0.05, 0.1) is 12.1 Å². The van der Waals surface area contributed by atoms with E-state index in [4.69, 9.17) is 0 Å². The van der Waals surface area contributed by atoms with Crippen LogP contribution in [-0.4, -0.2) is 59.5 Å². The number of carbonyl (C=O) groups is 2. The summed E-state index contributed by atoms with van der Waals surface area (Å²) < 4.78 is 0. The summed E-state index contributed by atoms with van der Waals surface area (Å²) in [5.41, 5.74) is 0. The first-order valence-electron chi connectivity index (χ1n) is 6.36. The second-order valence-electron chi connectivity index (χ2n) is 4.73. The van der Waals surface area contributed by atoms with Gasteiger partial charge in [0.1, 0.15) is 6.29 Å². The highest BCUT2D eigenvalue weighted by Crippen LogP contribution is 2.17. The minimum Gasteiger partial charge on any atom is -0.391 e. The normalized spacial score (nSPS) is 22.9. The Morgan fingerprint density at radius 2 is 2.28 bits per heavy atom. The van der Waals surface area contributed by atoms with Crippen LogP contribution < -0.4 is 0 Å². The Morgan fingerprint density at radius 3 is 2.89 bits per heavy atom. The summed E-state index contributed by atoms with van der Waals surface area (Å²) in [6.07, 6.45) is 5.22. The van der Waals surface area contributed by atoms with Gasteiger partial charge in [-0.3, -0.25) is 0 Å². The number of amides is 2. The summed E-state index contributed by atoms with van der Waals surface area (Å²) in [5, 5.41) is 9.50. The van der Waals surface area contributed by atoms with E-state index in [-0.39, 0.29) is 12.6 Å². The first-order chi connectivity index (χ1) is 8.60. The van der Waals surface area contributed by atoms with Crippen molar-refractivity contribution in [3.63, 3.8) is 0 Å². The molecule has 5 nitrogen and oxygen atoms in total. The van der Waals surface area contributed by atoms with Crippen LogP contribution in [0.1, 0.15) is 25.7 Å². The fraction of sp³-hybridized carbons (Fsp3) is 0.692. The average molecular weight is 254 g/mol. The summed E-state index contributed by atoms with van der Waals surface area (Å²) in [6, 6.07) is -0.662. The third-order valence-electron chi connectivity index (χ3n) is 3.20. The lowest BCUT2D eigenvalue weighted by Crippen LogP contribution is -2.45. The molecule has 2 atom stereocenters. The van der Waals surface area contributed by atoms with Gasteiger partial charge in [0.15, 0.2) is 0 Å². The minimum absolute atomic E-state index is 0.178. The van der Waals surface area contributed by atoms with Crippen LogP contribution >= 0.6 is 0 Å². The maximum Gasteiger partial charge on any atom is 0.320 e.